The Bertz CT molecular complexity index is 777. The molecule has 0 atom stereocenters. The molecule has 0 unspecified atom stereocenters. The van der Waals surface area contributed by atoms with Crippen molar-refractivity contribution in [3.63, 3.8) is 0 Å². The lowest BCUT2D eigenvalue weighted by atomic mass is 10.2. The molecule has 0 spiro atoms. The Labute approximate surface area is 194 Å². The highest BCUT2D eigenvalue weighted by Crippen LogP contribution is 2.29. The Balaban J connectivity index is 0.00000225. The maximum Gasteiger partial charge on any atom is 0.161 e. The maximum absolute atomic E-state index is 13.1. The minimum Gasteiger partial charge on any atom is -1.00 e. The van der Waals surface area contributed by atoms with Gasteiger partial charge in [0.05, 0.1) is 25.3 Å². The summed E-state index contributed by atoms with van der Waals surface area (Å²) in [5.74, 6) is 0.919. The van der Waals surface area contributed by atoms with Crippen LogP contribution in [0.5, 0.6) is 11.5 Å². The van der Waals surface area contributed by atoms with Crippen molar-refractivity contribution in [3.8, 4) is 11.5 Å². The molecule has 1 saturated heterocycles. The lowest BCUT2D eigenvalue weighted by Gasteiger charge is -2.26. The second-order valence-electron chi connectivity index (χ2n) is 6.64. The molecule has 3 rings (SSSR count). The summed E-state index contributed by atoms with van der Waals surface area (Å²) in [4.78, 5) is 2.40. The smallest absolute Gasteiger partial charge is 0.161 e. The fraction of sp³-hybridized carbons (Fsp3) is 0.429. The maximum atomic E-state index is 13.1. The van der Waals surface area contributed by atoms with E-state index in [1.54, 1.807) is 13.2 Å². The minimum absolute atomic E-state index is 0. The SMILES string of the molecule is COc1cc(CNCCN2CCOCC2)ccc1OCc1ccc(F)cc1Cl.[Cl-].[Cl-]. The zero-order valence-corrected chi connectivity index (χ0v) is 19.1. The number of hydrogen-bond donors (Lipinski definition) is 1. The predicted octanol–water partition coefficient (Wildman–Crippen LogP) is -2.50. The van der Waals surface area contributed by atoms with Gasteiger partial charge in [0.25, 0.3) is 0 Å². The quantitative estimate of drug-likeness (QED) is 0.403. The van der Waals surface area contributed by atoms with Crippen LogP contribution in [0.1, 0.15) is 11.1 Å². The molecule has 0 amide bonds. The van der Waals surface area contributed by atoms with E-state index in [0.717, 1.165) is 57.1 Å². The summed E-state index contributed by atoms with van der Waals surface area (Å²) >= 11 is 6.05. The molecular formula is C21H26Cl3FN2O3-2. The number of nitrogens with one attached hydrogen (secondary N) is 1. The molecule has 5 nitrogen and oxygen atoms in total. The van der Waals surface area contributed by atoms with Gasteiger partial charge in [-0.15, -0.1) is 0 Å². The molecule has 1 aliphatic rings. The van der Waals surface area contributed by atoms with Gasteiger partial charge in [-0.05, 0) is 29.8 Å². The van der Waals surface area contributed by atoms with E-state index in [9.17, 15) is 4.39 Å². The van der Waals surface area contributed by atoms with Gasteiger partial charge in [0.2, 0.25) is 0 Å². The Morgan fingerprint density at radius 2 is 1.87 bits per heavy atom. The lowest BCUT2D eigenvalue weighted by Crippen LogP contribution is -3.00. The first-order valence-corrected chi connectivity index (χ1v) is 9.78. The summed E-state index contributed by atoms with van der Waals surface area (Å²) in [5, 5.41) is 3.81. The topological polar surface area (TPSA) is 43.0 Å². The predicted molar refractivity (Wildman–Crippen MR) is 108 cm³/mol. The lowest BCUT2D eigenvalue weighted by molar-refractivity contribution is -0.00100. The van der Waals surface area contributed by atoms with Crippen molar-refractivity contribution in [1.82, 2.24) is 10.2 Å². The molecule has 0 saturated carbocycles. The summed E-state index contributed by atoms with van der Waals surface area (Å²) in [5.41, 5.74) is 1.84. The molecule has 1 fully saturated rings. The molecule has 0 bridgehead atoms. The van der Waals surface area contributed by atoms with E-state index in [-0.39, 0.29) is 37.2 Å². The average Bonchev–Trinajstić information content (AvgIpc) is 2.72. The fourth-order valence-electron chi connectivity index (χ4n) is 3.03. The normalized spacial score (nSPS) is 13.8. The van der Waals surface area contributed by atoms with Crippen LogP contribution in [0.4, 0.5) is 4.39 Å². The molecule has 0 aromatic heterocycles. The van der Waals surface area contributed by atoms with Crippen molar-refractivity contribution < 1.29 is 43.4 Å². The van der Waals surface area contributed by atoms with Crippen LogP contribution in [0, 0.1) is 5.82 Å². The number of rotatable bonds is 9. The van der Waals surface area contributed by atoms with E-state index in [1.165, 1.54) is 12.1 Å². The van der Waals surface area contributed by atoms with Gasteiger partial charge in [-0.2, -0.15) is 0 Å². The van der Waals surface area contributed by atoms with Crippen LogP contribution in [0.25, 0.3) is 0 Å². The summed E-state index contributed by atoms with van der Waals surface area (Å²) in [6.45, 7) is 6.57. The summed E-state index contributed by atoms with van der Waals surface area (Å²) in [6.07, 6.45) is 0. The van der Waals surface area contributed by atoms with Crippen LogP contribution in [0.2, 0.25) is 5.02 Å². The van der Waals surface area contributed by atoms with Crippen LogP contribution in [-0.4, -0.2) is 51.4 Å². The molecule has 1 heterocycles. The van der Waals surface area contributed by atoms with Gasteiger partial charge in [0, 0.05) is 38.3 Å². The third kappa shape index (κ3) is 8.10. The van der Waals surface area contributed by atoms with E-state index in [1.807, 2.05) is 18.2 Å². The van der Waals surface area contributed by atoms with Gasteiger partial charge < -0.3 is 44.3 Å². The van der Waals surface area contributed by atoms with Gasteiger partial charge in [-0.3, -0.25) is 4.90 Å². The van der Waals surface area contributed by atoms with Crippen molar-refractivity contribution in [2.24, 2.45) is 0 Å². The first kappa shape index (κ1) is 26.8. The third-order valence-electron chi connectivity index (χ3n) is 4.66. The summed E-state index contributed by atoms with van der Waals surface area (Å²) in [6, 6.07) is 10.1. The number of hydrogen-bond acceptors (Lipinski definition) is 5. The Hall–Kier alpha value is -1.28. The van der Waals surface area contributed by atoms with Crippen LogP contribution >= 0.6 is 11.6 Å². The number of nitrogens with zero attached hydrogens (tertiary/aromatic N) is 1. The molecule has 1 aliphatic heterocycles. The molecule has 168 valence electrons. The zero-order valence-electron chi connectivity index (χ0n) is 16.8. The van der Waals surface area contributed by atoms with E-state index < -0.39 is 0 Å². The number of ether oxygens (including phenoxy) is 3. The number of halogens is 4. The molecule has 2 aromatic carbocycles. The fourth-order valence-corrected chi connectivity index (χ4v) is 3.25. The second-order valence-corrected chi connectivity index (χ2v) is 7.05. The first-order chi connectivity index (χ1) is 13.7. The van der Waals surface area contributed by atoms with Crippen molar-refractivity contribution in [2.45, 2.75) is 13.2 Å². The molecule has 1 N–H and O–H groups in total. The van der Waals surface area contributed by atoms with Gasteiger partial charge >= 0.3 is 0 Å². The van der Waals surface area contributed by atoms with Gasteiger partial charge in [-0.25, -0.2) is 4.39 Å². The van der Waals surface area contributed by atoms with Crippen molar-refractivity contribution in [3.05, 3.63) is 58.4 Å². The molecule has 30 heavy (non-hydrogen) atoms. The average molecular weight is 480 g/mol. The second kappa shape index (κ2) is 13.9. The highest BCUT2D eigenvalue weighted by atomic mass is 35.5. The zero-order chi connectivity index (χ0) is 19.8. The van der Waals surface area contributed by atoms with E-state index >= 15 is 0 Å². The van der Waals surface area contributed by atoms with Crippen LogP contribution in [0.3, 0.4) is 0 Å². The standard InChI is InChI=1S/C21H26ClFN2O3.2ClH/c1-26-21-12-16(14-24-6-7-25-8-10-27-11-9-25)2-5-20(21)28-15-17-3-4-18(23)13-19(17)22;;/h2-5,12-13,24H,6-11,14-15H2,1H3;2*1H/p-2. The van der Waals surface area contributed by atoms with Crippen LogP contribution < -0.4 is 39.6 Å². The summed E-state index contributed by atoms with van der Waals surface area (Å²) in [7, 11) is 1.61. The molecule has 2 aromatic rings. The molecule has 9 heteroatoms. The largest absolute Gasteiger partial charge is 1.00 e. The monoisotopic (exact) mass is 478 g/mol. The number of benzene rings is 2. The Morgan fingerprint density at radius 3 is 2.57 bits per heavy atom. The van der Waals surface area contributed by atoms with Crippen molar-refractivity contribution in [2.75, 3.05) is 46.5 Å². The van der Waals surface area contributed by atoms with Crippen LogP contribution in [0.15, 0.2) is 36.4 Å². The van der Waals surface area contributed by atoms with E-state index in [2.05, 4.69) is 10.2 Å². The molecular weight excluding hydrogens is 454 g/mol. The summed E-state index contributed by atoms with van der Waals surface area (Å²) < 4.78 is 29.8. The van der Waals surface area contributed by atoms with Crippen molar-refractivity contribution in [1.29, 1.82) is 0 Å². The van der Waals surface area contributed by atoms with E-state index in [0.29, 0.717) is 16.5 Å². The Morgan fingerprint density at radius 1 is 1.10 bits per heavy atom. The van der Waals surface area contributed by atoms with Gasteiger partial charge in [0.1, 0.15) is 12.4 Å². The molecule has 0 radical (unpaired) electrons. The van der Waals surface area contributed by atoms with E-state index in [4.69, 9.17) is 25.8 Å². The number of morpholine rings is 1. The van der Waals surface area contributed by atoms with Gasteiger partial charge in [0.15, 0.2) is 11.5 Å². The highest BCUT2D eigenvalue weighted by Gasteiger charge is 2.10. The Kier molecular flexibility index (Phi) is 12.4. The third-order valence-corrected chi connectivity index (χ3v) is 5.02. The highest BCUT2D eigenvalue weighted by molar-refractivity contribution is 6.31. The minimum atomic E-state index is -0.364. The van der Waals surface area contributed by atoms with Gasteiger partial charge in [-0.1, -0.05) is 23.7 Å². The number of methoxy groups -OCH3 is 1. The van der Waals surface area contributed by atoms with Crippen LogP contribution in [-0.2, 0) is 17.9 Å². The van der Waals surface area contributed by atoms with Crippen molar-refractivity contribution >= 4 is 11.6 Å². The molecule has 0 aliphatic carbocycles. The first-order valence-electron chi connectivity index (χ1n) is 9.40.